The number of primary amides is 1. The van der Waals surface area contributed by atoms with E-state index in [1.54, 1.807) is 23.5 Å². The maximum absolute atomic E-state index is 12.1. The standard InChI is InChI=1S/C21H20N2O4S/c1-12(2)15-10-16(17-4-3-9-28-17)23-20(18(15)19(22)24)27-11-13-5-7-14(8-6-13)21(25)26/h3-10,12H,11H2,1-2H3,(H2,22,24)(H,25,26). The van der Waals surface area contributed by atoms with Gasteiger partial charge in [0.05, 0.1) is 16.1 Å². The molecular formula is C21H20N2O4S. The molecule has 0 saturated carbocycles. The van der Waals surface area contributed by atoms with Crippen molar-refractivity contribution in [2.24, 2.45) is 5.73 Å². The number of benzene rings is 1. The van der Waals surface area contributed by atoms with Crippen LogP contribution in [0.25, 0.3) is 10.6 Å². The van der Waals surface area contributed by atoms with Crippen LogP contribution in [0.4, 0.5) is 0 Å². The Labute approximate surface area is 166 Å². The van der Waals surface area contributed by atoms with Crippen molar-refractivity contribution in [1.29, 1.82) is 0 Å². The lowest BCUT2D eigenvalue weighted by atomic mass is 9.97. The highest BCUT2D eigenvalue weighted by molar-refractivity contribution is 7.13. The second kappa shape index (κ2) is 8.22. The summed E-state index contributed by atoms with van der Waals surface area (Å²) in [4.78, 5) is 28.6. The van der Waals surface area contributed by atoms with Gasteiger partial charge >= 0.3 is 5.97 Å². The molecule has 0 fully saturated rings. The molecule has 0 aliphatic rings. The molecule has 0 aliphatic heterocycles. The number of carbonyl (C=O) groups is 2. The monoisotopic (exact) mass is 396 g/mol. The van der Waals surface area contributed by atoms with Crippen molar-refractivity contribution >= 4 is 23.2 Å². The average Bonchev–Trinajstić information content (AvgIpc) is 3.20. The van der Waals surface area contributed by atoms with Crippen LogP contribution in [-0.4, -0.2) is 22.0 Å². The first-order valence-corrected chi connectivity index (χ1v) is 9.58. The molecule has 0 atom stereocenters. The molecule has 1 amide bonds. The Morgan fingerprint density at radius 2 is 1.93 bits per heavy atom. The Hall–Kier alpha value is -3.19. The third-order valence-electron chi connectivity index (χ3n) is 4.24. The number of amides is 1. The van der Waals surface area contributed by atoms with Crippen molar-refractivity contribution in [2.45, 2.75) is 26.4 Å². The van der Waals surface area contributed by atoms with E-state index < -0.39 is 11.9 Å². The molecule has 7 heteroatoms. The zero-order chi connectivity index (χ0) is 20.3. The highest BCUT2D eigenvalue weighted by Gasteiger charge is 2.21. The van der Waals surface area contributed by atoms with E-state index in [1.807, 2.05) is 37.4 Å². The summed E-state index contributed by atoms with van der Waals surface area (Å²) in [5.41, 5.74) is 8.35. The summed E-state index contributed by atoms with van der Waals surface area (Å²) in [5.74, 6) is -1.34. The number of ether oxygens (including phenoxy) is 1. The third kappa shape index (κ3) is 4.20. The lowest BCUT2D eigenvalue weighted by Gasteiger charge is -2.16. The van der Waals surface area contributed by atoms with Gasteiger partial charge in [0.25, 0.3) is 5.91 Å². The van der Waals surface area contributed by atoms with Gasteiger partial charge in [-0.05, 0) is 46.7 Å². The van der Waals surface area contributed by atoms with Gasteiger partial charge in [0.1, 0.15) is 12.2 Å². The van der Waals surface area contributed by atoms with Gasteiger partial charge < -0.3 is 15.6 Å². The van der Waals surface area contributed by atoms with Crippen molar-refractivity contribution in [2.75, 3.05) is 0 Å². The highest BCUT2D eigenvalue weighted by atomic mass is 32.1. The molecule has 3 N–H and O–H groups in total. The fraction of sp³-hybridized carbons (Fsp3) is 0.190. The van der Waals surface area contributed by atoms with Gasteiger partial charge in [0.2, 0.25) is 5.88 Å². The first-order valence-electron chi connectivity index (χ1n) is 8.70. The molecule has 2 heterocycles. The molecular weight excluding hydrogens is 376 g/mol. The van der Waals surface area contributed by atoms with Crippen LogP contribution in [0.3, 0.4) is 0 Å². The summed E-state index contributed by atoms with van der Waals surface area (Å²) in [6.45, 7) is 4.10. The molecule has 0 radical (unpaired) electrons. The van der Waals surface area contributed by atoms with Gasteiger partial charge in [-0.3, -0.25) is 4.79 Å². The maximum atomic E-state index is 12.1. The SMILES string of the molecule is CC(C)c1cc(-c2cccs2)nc(OCc2ccc(C(=O)O)cc2)c1C(N)=O. The van der Waals surface area contributed by atoms with Crippen molar-refractivity contribution in [3.05, 3.63) is 70.1 Å². The number of hydrogen-bond donors (Lipinski definition) is 2. The Balaban J connectivity index is 1.97. The topological polar surface area (TPSA) is 103 Å². The summed E-state index contributed by atoms with van der Waals surface area (Å²) >= 11 is 1.55. The van der Waals surface area contributed by atoms with Gasteiger partial charge in [0, 0.05) is 0 Å². The maximum Gasteiger partial charge on any atom is 0.335 e. The minimum absolute atomic E-state index is 0.0569. The molecule has 6 nitrogen and oxygen atoms in total. The van der Waals surface area contributed by atoms with Crippen LogP contribution in [0, 0.1) is 0 Å². The lowest BCUT2D eigenvalue weighted by molar-refractivity contribution is 0.0696. The Kier molecular flexibility index (Phi) is 5.75. The van der Waals surface area contributed by atoms with E-state index in [0.717, 1.165) is 21.7 Å². The first-order chi connectivity index (χ1) is 13.4. The number of thiophene rings is 1. The summed E-state index contributed by atoms with van der Waals surface area (Å²) in [6.07, 6.45) is 0. The van der Waals surface area contributed by atoms with Gasteiger partial charge in [-0.15, -0.1) is 11.3 Å². The summed E-state index contributed by atoms with van der Waals surface area (Å²) in [5, 5.41) is 10.9. The van der Waals surface area contributed by atoms with E-state index in [-0.39, 0.29) is 29.5 Å². The summed E-state index contributed by atoms with van der Waals surface area (Å²) in [7, 11) is 0. The van der Waals surface area contributed by atoms with Crippen LogP contribution >= 0.6 is 11.3 Å². The van der Waals surface area contributed by atoms with Crippen LogP contribution in [0.5, 0.6) is 5.88 Å². The predicted molar refractivity (Wildman–Crippen MR) is 108 cm³/mol. The van der Waals surface area contributed by atoms with E-state index in [9.17, 15) is 9.59 Å². The van der Waals surface area contributed by atoms with Gasteiger partial charge in [-0.25, -0.2) is 9.78 Å². The van der Waals surface area contributed by atoms with Crippen LogP contribution in [0.2, 0.25) is 0 Å². The zero-order valence-electron chi connectivity index (χ0n) is 15.5. The highest BCUT2D eigenvalue weighted by Crippen LogP contribution is 2.33. The first kappa shape index (κ1) is 19.6. The molecule has 1 aromatic carbocycles. The fourth-order valence-electron chi connectivity index (χ4n) is 2.79. The molecule has 3 rings (SSSR count). The molecule has 28 heavy (non-hydrogen) atoms. The van der Waals surface area contributed by atoms with E-state index >= 15 is 0 Å². The quantitative estimate of drug-likeness (QED) is 0.619. The van der Waals surface area contributed by atoms with Crippen LogP contribution < -0.4 is 10.5 Å². The Bertz CT molecular complexity index is 996. The van der Waals surface area contributed by atoms with Crippen LogP contribution in [-0.2, 0) is 6.61 Å². The number of rotatable bonds is 7. The number of hydrogen-bond acceptors (Lipinski definition) is 5. The van der Waals surface area contributed by atoms with E-state index in [0.29, 0.717) is 0 Å². The molecule has 0 unspecified atom stereocenters. The van der Waals surface area contributed by atoms with Gasteiger partial charge in [-0.1, -0.05) is 32.0 Å². The van der Waals surface area contributed by atoms with Crippen molar-refractivity contribution in [1.82, 2.24) is 4.98 Å². The molecule has 2 aromatic heterocycles. The number of carboxylic acids is 1. The number of carboxylic acid groups (broad SMARTS) is 1. The smallest absolute Gasteiger partial charge is 0.335 e. The Morgan fingerprint density at radius 3 is 2.46 bits per heavy atom. The molecule has 0 saturated heterocycles. The number of nitrogens with two attached hydrogens (primary N) is 1. The minimum Gasteiger partial charge on any atom is -0.478 e. The minimum atomic E-state index is -0.990. The van der Waals surface area contributed by atoms with Crippen LogP contribution in [0.1, 0.15) is 51.6 Å². The van der Waals surface area contributed by atoms with E-state index in [2.05, 4.69) is 4.98 Å². The van der Waals surface area contributed by atoms with E-state index in [4.69, 9.17) is 15.6 Å². The second-order valence-electron chi connectivity index (χ2n) is 6.56. The zero-order valence-corrected chi connectivity index (χ0v) is 16.3. The predicted octanol–water partition coefficient (Wildman–Crippen LogP) is 4.31. The van der Waals surface area contributed by atoms with Crippen LogP contribution in [0.15, 0.2) is 47.8 Å². The molecule has 3 aromatic rings. The Morgan fingerprint density at radius 1 is 1.21 bits per heavy atom. The third-order valence-corrected chi connectivity index (χ3v) is 5.13. The second-order valence-corrected chi connectivity index (χ2v) is 7.51. The van der Waals surface area contributed by atoms with Gasteiger partial charge in [-0.2, -0.15) is 0 Å². The fourth-order valence-corrected chi connectivity index (χ4v) is 3.48. The number of aromatic carboxylic acids is 1. The molecule has 0 bridgehead atoms. The lowest BCUT2D eigenvalue weighted by Crippen LogP contribution is -2.18. The number of aromatic nitrogens is 1. The number of carbonyl (C=O) groups excluding carboxylic acids is 1. The average molecular weight is 396 g/mol. The van der Waals surface area contributed by atoms with E-state index in [1.165, 1.54) is 12.1 Å². The summed E-state index contributed by atoms with van der Waals surface area (Å²) < 4.78 is 5.86. The van der Waals surface area contributed by atoms with Crippen molar-refractivity contribution < 1.29 is 19.4 Å². The molecule has 0 aliphatic carbocycles. The molecule has 0 spiro atoms. The van der Waals surface area contributed by atoms with Crippen molar-refractivity contribution in [3.8, 4) is 16.5 Å². The van der Waals surface area contributed by atoms with Gasteiger partial charge in [0.15, 0.2) is 0 Å². The largest absolute Gasteiger partial charge is 0.478 e. The molecule has 144 valence electrons. The normalized spacial score (nSPS) is 10.8. The summed E-state index contributed by atoms with van der Waals surface area (Å²) in [6, 6.07) is 12.1. The van der Waals surface area contributed by atoms with Crippen molar-refractivity contribution in [3.63, 3.8) is 0 Å². The number of pyridine rings is 1. The number of nitrogens with zero attached hydrogens (tertiary/aromatic N) is 1.